The van der Waals surface area contributed by atoms with Crippen molar-refractivity contribution < 1.29 is 4.39 Å². The normalized spacial score (nSPS) is 49.6. The molecule has 4 N–H and O–H groups in total. The Balaban J connectivity index is 1.41. The largest absolute Gasteiger partial charge is 0.314 e. The van der Waals surface area contributed by atoms with Gasteiger partial charge in [-0.05, 0) is 57.9 Å². The fraction of sp³-hybridized carbons (Fsp3) is 1.00. The van der Waals surface area contributed by atoms with Crippen LogP contribution in [0.3, 0.4) is 0 Å². The van der Waals surface area contributed by atoms with Gasteiger partial charge in [0.1, 0.15) is 6.17 Å². The number of rotatable bonds is 0. The second-order valence-electron chi connectivity index (χ2n) is 9.58. The van der Waals surface area contributed by atoms with E-state index in [9.17, 15) is 4.39 Å². The summed E-state index contributed by atoms with van der Waals surface area (Å²) in [5.41, 5.74) is 3.60. The van der Waals surface area contributed by atoms with E-state index in [-0.39, 0.29) is 0 Å². The zero-order valence-electron chi connectivity index (χ0n) is 16.7. The molecule has 154 valence electrons. The standard InChI is InChI=1S/C20H37FN6/c1-13-4-5-17-16(9-15(21)12-23-17)18-3-2-7-26(18)19-6-8-27-20(25-19)14(10-22-13)11-24-27/h13-20,22-25H,2-12H2,1H3. The Morgan fingerprint density at radius 1 is 0.963 bits per heavy atom. The van der Waals surface area contributed by atoms with E-state index in [1.54, 1.807) is 0 Å². The minimum absolute atomic E-state index is 0.416. The molecule has 0 saturated carbocycles. The van der Waals surface area contributed by atoms with E-state index in [4.69, 9.17) is 0 Å². The van der Waals surface area contributed by atoms with Crippen molar-refractivity contribution in [3.05, 3.63) is 0 Å². The van der Waals surface area contributed by atoms with Gasteiger partial charge in [-0.2, -0.15) is 0 Å². The van der Waals surface area contributed by atoms with E-state index >= 15 is 0 Å². The molecule has 6 nitrogen and oxygen atoms in total. The molecular formula is C20H37FN6. The number of hydrazine groups is 1. The van der Waals surface area contributed by atoms with Crippen molar-refractivity contribution in [2.75, 3.05) is 32.7 Å². The zero-order chi connectivity index (χ0) is 18.4. The summed E-state index contributed by atoms with van der Waals surface area (Å²) >= 11 is 0. The first-order valence-corrected chi connectivity index (χ1v) is 11.3. The van der Waals surface area contributed by atoms with Gasteiger partial charge < -0.3 is 10.6 Å². The fourth-order valence-corrected chi connectivity index (χ4v) is 6.39. The van der Waals surface area contributed by atoms with Crippen LogP contribution in [0.1, 0.15) is 45.4 Å². The Morgan fingerprint density at radius 2 is 1.89 bits per heavy atom. The highest BCUT2D eigenvalue weighted by molar-refractivity contribution is 5.00. The quantitative estimate of drug-likeness (QED) is 0.494. The Bertz CT molecular complexity index is 521. The molecule has 0 aliphatic carbocycles. The molecule has 27 heavy (non-hydrogen) atoms. The van der Waals surface area contributed by atoms with Crippen LogP contribution in [0.15, 0.2) is 0 Å². The number of hydrogen-bond donors (Lipinski definition) is 4. The lowest BCUT2D eigenvalue weighted by molar-refractivity contribution is -0.00473. The van der Waals surface area contributed by atoms with Gasteiger partial charge in [0.2, 0.25) is 0 Å². The fourth-order valence-electron chi connectivity index (χ4n) is 6.39. The van der Waals surface area contributed by atoms with Gasteiger partial charge in [-0.3, -0.25) is 15.6 Å². The van der Waals surface area contributed by atoms with Crippen LogP contribution in [0.5, 0.6) is 0 Å². The summed E-state index contributed by atoms with van der Waals surface area (Å²) < 4.78 is 14.4. The van der Waals surface area contributed by atoms with Gasteiger partial charge in [0.15, 0.2) is 0 Å². The highest BCUT2D eigenvalue weighted by atomic mass is 19.1. The highest BCUT2D eigenvalue weighted by Crippen LogP contribution is 2.36. The molecule has 7 heteroatoms. The van der Waals surface area contributed by atoms with Crippen LogP contribution in [0.25, 0.3) is 0 Å². The van der Waals surface area contributed by atoms with Crippen molar-refractivity contribution in [3.8, 4) is 0 Å². The average Bonchev–Trinajstić information content (AvgIpc) is 3.31. The average molecular weight is 381 g/mol. The van der Waals surface area contributed by atoms with E-state index in [2.05, 4.69) is 38.2 Å². The van der Waals surface area contributed by atoms with Gasteiger partial charge in [-0.1, -0.05) is 0 Å². The molecule has 0 aromatic heterocycles. The van der Waals surface area contributed by atoms with Gasteiger partial charge in [0.25, 0.3) is 0 Å². The summed E-state index contributed by atoms with van der Waals surface area (Å²) in [7, 11) is 0. The summed E-state index contributed by atoms with van der Waals surface area (Å²) in [6.45, 7) is 7.25. The molecule has 5 aliphatic heterocycles. The van der Waals surface area contributed by atoms with Gasteiger partial charge in [-0.25, -0.2) is 9.40 Å². The van der Waals surface area contributed by atoms with E-state index in [1.807, 2.05) is 0 Å². The first-order chi connectivity index (χ1) is 13.2. The Morgan fingerprint density at radius 3 is 2.81 bits per heavy atom. The minimum atomic E-state index is -0.682. The first kappa shape index (κ1) is 18.7. The van der Waals surface area contributed by atoms with Crippen LogP contribution < -0.4 is 21.4 Å². The number of nitrogens with one attached hydrogen (secondary N) is 4. The number of halogens is 1. The predicted molar refractivity (Wildman–Crippen MR) is 105 cm³/mol. The summed E-state index contributed by atoms with van der Waals surface area (Å²) in [4.78, 5) is 2.72. The molecule has 5 heterocycles. The summed E-state index contributed by atoms with van der Waals surface area (Å²) in [5.74, 6) is 1.05. The Labute approximate surface area is 162 Å². The summed E-state index contributed by atoms with van der Waals surface area (Å²) in [6.07, 6.45) is 6.90. The number of nitrogens with zero attached hydrogens (tertiary/aromatic N) is 2. The molecular weight excluding hydrogens is 343 g/mol. The van der Waals surface area contributed by atoms with Crippen LogP contribution in [0.4, 0.5) is 4.39 Å². The molecule has 8 atom stereocenters. The zero-order valence-corrected chi connectivity index (χ0v) is 16.7. The Hall–Kier alpha value is -0.310. The van der Waals surface area contributed by atoms with Crippen LogP contribution in [0.2, 0.25) is 0 Å². The van der Waals surface area contributed by atoms with Gasteiger partial charge >= 0.3 is 0 Å². The monoisotopic (exact) mass is 380 g/mol. The Kier molecular flexibility index (Phi) is 5.43. The smallest absolute Gasteiger partial charge is 0.113 e. The van der Waals surface area contributed by atoms with Crippen molar-refractivity contribution in [1.29, 1.82) is 0 Å². The molecule has 0 amide bonds. The van der Waals surface area contributed by atoms with Crippen LogP contribution in [-0.2, 0) is 0 Å². The van der Waals surface area contributed by atoms with Gasteiger partial charge in [0, 0.05) is 50.2 Å². The second-order valence-corrected chi connectivity index (χ2v) is 9.58. The van der Waals surface area contributed by atoms with E-state index in [0.717, 1.165) is 38.9 Å². The van der Waals surface area contributed by atoms with Crippen molar-refractivity contribution in [3.63, 3.8) is 0 Å². The number of piperidine rings is 1. The SMILES string of the molecule is CC1CCC2NCC(F)CC2C2CCCN2C2CCN3NCC(CN1)C3N2. The maximum atomic E-state index is 14.4. The van der Waals surface area contributed by atoms with E-state index < -0.39 is 6.17 Å². The van der Waals surface area contributed by atoms with Crippen molar-refractivity contribution in [2.45, 2.75) is 82.1 Å². The number of hydrogen-bond acceptors (Lipinski definition) is 6. The molecule has 0 aromatic rings. The first-order valence-electron chi connectivity index (χ1n) is 11.3. The molecule has 0 spiro atoms. The van der Waals surface area contributed by atoms with Crippen LogP contribution >= 0.6 is 0 Å². The van der Waals surface area contributed by atoms with Crippen molar-refractivity contribution in [2.24, 2.45) is 11.8 Å². The summed E-state index contributed by atoms with van der Waals surface area (Å²) in [6, 6.07) is 1.51. The van der Waals surface area contributed by atoms with E-state index in [0.29, 0.717) is 48.8 Å². The maximum absolute atomic E-state index is 14.4. The number of alkyl halides is 1. The lowest BCUT2D eigenvalue weighted by Gasteiger charge is -2.47. The molecule has 8 unspecified atom stereocenters. The van der Waals surface area contributed by atoms with Gasteiger partial charge in [-0.15, -0.1) is 0 Å². The van der Waals surface area contributed by atoms with Crippen LogP contribution in [0, 0.1) is 11.8 Å². The van der Waals surface area contributed by atoms with Crippen LogP contribution in [-0.4, -0.2) is 79.3 Å². The molecule has 5 rings (SSSR count). The lowest BCUT2D eigenvalue weighted by atomic mass is 9.80. The summed E-state index contributed by atoms with van der Waals surface area (Å²) in [5, 5.41) is 13.8. The third kappa shape index (κ3) is 3.67. The molecule has 0 aromatic carbocycles. The second kappa shape index (κ2) is 7.84. The highest BCUT2D eigenvalue weighted by Gasteiger charge is 2.46. The van der Waals surface area contributed by atoms with E-state index in [1.165, 1.54) is 25.8 Å². The third-order valence-electron chi connectivity index (χ3n) is 7.87. The molecule has 5 fully saturated rings. The molecule has 5 saturated heterocycles. The van der Waals surface area contributed by atoms with Gasteiger partial charge in [0.05, 0.1) is 12.3 Å². The predicted octanol–water partition coefficient (Wildman–Crippen LogP) is 0.621. The maximum Gasteiger partial charge on any atom is 0.113 e. The molecule has 2 bridgehead atoms. The molecule has 0 radical (unpaired) electrons. The van der Waals surface area contributed by atoms with Crippen molar-refractivity contribution in [1.82, 2.24) is 31.3 Å². The molecule has 5 aliphatic rings. The minimum Gasteiger partial charge on any atom is -0.314 e. The third-order valence-corrected chi connectivity index (χ3v) is 7.87. The number of fused-ring (bicyclic) bond motifs is 5. The van der Waals surface area contributed by atoms with Crippen molar-refractivity contribution >= 4 is 0 Å². The lowest BCUT2D eigenvalue weighted by Crippen LogP contribution is -2.64. The topological polar surface area (TPSA) is 54.6 Å².